The molecule has 1 aliphatic rings. The van der Waals surface area contributed by atoms with Gasteiger partial charge in [-0.1, -0.05) is 6.07 Å². The summed E-state index contributed by atoms with van der Waals surface area (Å²) in [7, 11) is 1.68. The fourth-order valence-corrected chi connectivity index (χ4v) is 2.20. The van der Waals surface area contributed by atoms with Crippen LogP contribution in [0, 0.1) is 0 Å². The van der Waals surface area contributed by atoms with Gasteiger partial charge in [-0.15, -0.1) is 0 Å². The second-order valence-corrected chi connectivity index (χ2v) is 4.59. The first kappa shape index (κ1) is 12.3. The Balaban J connectivity index is 1.79. The molecule has 94 valence electrons. The Labute approximate surface area is 103 Å². The number of nitrogens with one attached hydrogen (secondary N) is 1. The van der Waals surface area contributed by atoms with Crippen molar-refractivity contribution in [2.45, 2.75) is 31.7 Å². The Morgan fingerprint density at radius 1 is 1.47 bits per heavy atom. The number of methoxy groups -OCH3 is 1. The van der Waals surface area contributed by atoms with E-state index < -0.39 is 0 Å². The Morgan fingerprint density at radius 2 is 2.35 bits per heavy atom. The highest BCUT2D eigenvalue weighted by molar-refractivity contribution is 5.40. The monoisotopic (exact) mass is 235 g/mol. The van der Waals surface area contributed by atoms with Gasteiger partial charge in [0.05, 0.1) is 6.61 Å². The van der Waals surface area contributed by atoms with Crippen molar-refractivity contribution in [2.75, 3.05) is 25.6 Å². The summed E-state index contributed by atoms with van der Waals surface area (Å²) < 4.78 is 5.00. The van der Waals surface area contributed by atoms with Crippen LogP contribution in [0.2, 0.25) is 0 Å². The average molecular weight is 235 g/mol. The van der Waals surface area contributed by atoms with E-state index in [2.05, 4.69) is 22.4 Å². The van der Waals surface area contributed by atoms with E-state index in [0.717, 1.165) is 25.2 Å². The van der Waals surface area contributed by atoms with Gasteiger partial charge in [-0.05, 0) is 37.3 Å². The van der Waals surface area contributed by atoms with E-state index in [0.29, 0.717) is 6.61 Å². The van der Waals surface area contributed by atoms with Crippen LogP contribution >= 0.6 is 0 Å². The zero-order valence-electron chi connectivity index (χ0n) is 10.4. The molecule has 0 saturated carbocycles. The minimum atomic E-state index is 0.0990. The van der Waals surface area contributed by atoms with Gasteiger partial charge in [-0.2, -0.15) is 0 Å². The maximum Gasteiger partial charge on any atom is 0.126 e. The van der Waals surface area contributed by atoms with Crippen LogP contribution in [0.15, 0.2) is 12.1 Å². The first-order chi connectivity index (χ1) is 8.29. The second-order valence-electron chi connectivity index (χ2n) is 4.59. The van der Waals surface area contributed by atoms with Gasteiger partial charge in [0.15, 0.2) is 0 Å². The normalized spacial score (nSPS) is 15.6. The molecule has 0 spiro atoms. The van der Waals surface area contributed by atoms with Gasteiger partial charge in [0.25, 0.3) is 0 Å². The molecule has 4 heteroatoms. The third-order valence-corrected chi connectivity index (χ3v) is 3.13. The fraction of sp³-hybridized carbons (Fsp3) is 0.615. The SMILES string of the molecule is COCC(N)CCNc1ccc2c(n1)CCC2. The molecule has 1 heterocycles. The number of anilines is 1. The molecule has 2 rings (SSSR count). The molecule has 4 nitrogen and oxygen atoms in total. The minimum absolute atomic E-state index is 0.0990. The number of hydrogen-bond donors (Lipinski definition) is 2. The number of aromatic nitrogens is 1. The number of rotatable bonds is 6. The molecule has 0 bridgehead atoms. The van der Waals surface area contributed by atoms with E-state index in [4.69, 9.17) is 10.5 Å². The molecule has 1 aliphatic carbocycles. The maximum atomic E-state index is 5.85. The quantitative estimate of drug-likeness (QED) is 0.781. The molecule has 1 unspecified atom stereocenters. The van der Waals surface area contributed by atoms with Gasteiger partial charge in [0, 0.05) is 25.4 Å². The number of ether oxygens (including phenoxy) is 1. The number of nitrogens with zero attached hydrogens (tertiary/aromatic N) is 1. The highest BCUT2D eigenvalue weighted by atomic mass is 16.5. The predicted octanol–water partition coefficient (Wildman–Crippen LogP) is 1.35. The molecule has 0 radical (unpaired) electrons. The third-order valence-electron chi connectivity index (χ3n) is 3.13. The Kier molecular flexibility index (Phi) is 4.34. The Hall–Kier alpha value is -1.13. The standard InChI is InChI=1S/C13H21N3O/c1-17-9-11(14)7-8-15-13-6-5-10-3-2-4-12(10)16-13/h5-6,11H,2-4,7-9,14H2,1H3,(H,15,16). The topological polar surface area (TPSA) is 60.2 Å². The van der Waals surface area contributed by atoms with Crippen LogP contribution < -0.4 is 11.1 Å². The average Bonchev–Trinajstić information content (AvgIpc) is 2.76. The first-order valence-corrected chi connectivity index (χ1v) is 6.27. The van der Waals surface area contributed by atoms with Crippen LogP contribution in [0.25, 0.3) is 0 Å². The van der Waals surface area contributed by atoms with Crippen molar-refractivity contribution in [1.82, 2.24) is 4.98 Å². The minimum Gasteiger partial charge on any atom is -0.383 e. The van der Waals surface area contributed by atoms with E-state index in [9.17, 15) is 0 Å². The molecule has 0 aromatic carbocycles. The lowest BCUT2D eigenvalue weighted by molar-refractivity contribution is 0.178. The molecule has 0 fully saturated rings. The van der Waals surface area contributed by atoms with Crippen molar-refractivity contribution in [3.05, 3.63) is 23.4 Å². The number of aryl methyl sites for hydroxylation is 2. The predicted molar refractivity (Wildman–Crippen MR) is 69.2 cm³/mol. The van der Waals surface area contributed by atoms with Gasteiger partial charge < -0.3 is 15.8 Å². The lowest BCUT2D eigenvalue weighted by Crippen LogP contribution is -2.28. The molecule has 3 N–H and O–H groups in total. The van der Waals surface area contributed by atoms with Gasteiger partial charge in [0.2, 0.25) is 0 Å². The number of pyridine rings is 1. The van der Waals surface area contributed by atoms with Crippen molar-refractivity contribution in [1.29, 1.82) is 0 Å². The molecular formula is C13H21N3O. The van der Waals surface area contributed by atoms with E-state index >= 15 is 0 Å². The summed E-state index contributed by atoms with van der Waals surface area (Å²) in [6, 6.07) is 4.35. The first-order valence-electron chi connectivity index (χ1n) is 6.27. The highest BCUT2D eigenvalue weighted by Gasteiger charge is 2.12. The van der Waals surface area contributed by atoms with Gasteiger partial charge >= 0.3 is 0 Å². The Morgan fingerprint density at radius 3 is 3.18 bits per heavy atom. The molecule has 1 aromatic rings. The van der Waals surface area contributed by atoms with E-state index in [1.165, 1.54) is 24.1 Å². The van der Waals surface area contributed by atoms with Crippen LogP contribution in [-0.4, -0.2) is 31.3 Å². The maximum absolute atomic E-state index is 5.85. The summed E-state index contributed by atoms with van der Waals surface area (Å²) in [5.41, 5.74) is 8.52. The number of nitrogens with two attached hydrogens (primary N) is 1. The van der Waals surface area contributed by atoms with Crippen molar-refractivity contribution in [3.63, 3.8) is 0 Å². The number of fused-ring (bicyclic) bond motifs is 1. The van der Waals surface area contributed by atoms with E-state index in [1.54, 1.807) is 7.11 Å². The van der Waals surface area contributed by atoms with Crippen molar-refractivity contribution in [3.8, 4) is 0 Å². The summed E-state index contributed by atoms with van der Waals surface area (Å²) in [5, 5.41) is 3.32. The molecule has 0 saturated heterocycles. The molecule has 0 aliphatic heterocycles. The van der Waals surface area contributed by atoms with Gasteiger partial charge in [0.1, 0.15) is 5.82 Å². The fourth-order valence-electron chi connectivity index (χ4n) is 2.20. The molecular weight excluding hydrogens is 214 g/mol. The molecule has 17 heavy (non-hydrogen) atoms. The summed E-state index contributed by atoms with van der Waals surface area (Å²) in [6.45, 7) is 1.45. The zero-order valence-corrected chi connectivity index (χ0v) is 10.4. The van der Waals surface area contributed by atoms with Gasteiger partial charge in [-0.25, -0.2) is 4.98 Å². The van der Waals surface area contributed by atoms with Crippen LogP contribution in [-0.2, 0) is 17.6 Å². The molecule has 0 amide bonds. The zero-order chi connectivity index (χ0) is 12.1. The highest BCUT2D eigenvalue weighted by Crippen LogP contribution is 2.21. The van der Waals surface area contributed by atoms with Crippen molar-refractivity contribution in [2.24, 2.45) is 5.73 Å². The Bertz CT molecular complexity index is 368. The van der Waals surface area contributed by atoms with Crippen LogP contribution in [0.3, 0.4) is 0 Å². The van der Waals surface area contributed by atoms with Crippen LogP contribution in [0.1, 0.15) is 24.1 Å². The summed E-state index contributed by atoms with van der Waals surface area (Å²) in [5.74, 6) is 0.968. The van der Waals surface area contributed by atoms with Crippen molar-refractivity contribution < 1.29 is 4.74 Å². The lowest BCUT2D eigenvalue weighted by Gasteiger charge is -2.11. The largest absolute Gasteiger partial charge is 0.383 e. The van der Waals surface area contributed by atoms with E-state index in [1.807, 2.05) is 0 Å². The molecule has 1 aromatic heterocycles. The summed E-state index contributed by atoms with van der Waals surface area (Å²) >= 11 is 0. The van der Waals surface area contributed by atoms with Gasteiger partial charge in [-0.3, -0.25) is 0 Å². The second kappa shape index (κ2) is 5.98. The van der Waals surface area contributed by atoms with Crippen LogP contribution in [0.4, 0.5) is 5.82 Å². The van der Waals surface area contributed by atoms with Crippen molar-refractivity contribution >= 4 is 5.82 Å². The summed E-state index contributed by atoms with van der Waals surface area (Å²) in [6.07, 6.45) is 4.44. The van der Waals surface area contributed by atoms with Crippen LogP contribution in [0.5, 0.6) is 0 Å². The van der Waals surface area contributed by atoms with E-state index in [-0.39, 0.29) is 6.04 Å². The number of hydrogen-bond acceptors (Lipinski definition) is 4. The smallest absolute Gasteiger partial charge is 0.126 e. The third kappa shape index (κ3) is 3.41. The summed E-state index contributed by atoms with van der Waals surface area (Å²) in [4.78, 5) is 4.61. The lowest BCUT2D eigenvalue weighted by atomic mass is 10.2. The molecule has 1 atom stereocenters.